The lowest BCUT2D eigenvalue weighted by Crippen LogP contribution is -2.17. The Kier molecular flexibility index (Phi) is 8.20. The van der Waals surface area contributed by atoms with Crippen molar-refractivity contribution in [3.63, 3.8) is 0 Å². The summed E-state index contributed by atoms with van der Waals surface area (Å²) >= 11 is 0. The SMILES string of the molecule is CCCC(C)C(O)CCCC(C)CO. The first kappa shape index (κ1) is 13.9. The molecular weight excluding hydrogens is 176 g/mol. The van der Waals surface area contributed by atoms with E-state index in [1.807, 2.05) is 6.92 Å². The molecule has 3 unspecified atom stereocenters. The Morgan fingerprint density at radius 1 is 1.07 bits per heavy atom. The van der Waals surface area contributed by atoms with Crippen molar-refractivity contribution in [2.75, 3.05) is 6.61 Å². The van der Waals surface area contributed by atoms with E-state index in [1.165, 1.54) is 0 Å². The van der Waals surface area contributed by atoms with Crippen molar-refractivity contribution in [2.45, 2.75) is 59.0 Å². The van der Waals surface area contributed by atoms with Crippen molar-refractivity contribution < 1.29 is 10.2 Å². The van der Waals surface area contributed by atoms with Gasteiger partial charge in [0.25, 0.3) is 0 Å². The largest absolute Gasteiger partial charge is 0.396 e. The fraction of sp³-hybridized carbons (Fsp3) is 1.00. The summed E-state index contributed by atoms with van der Waals surface area (Å²) in [4.78, 5) is 0. The van der Waals surface area contributed by atoms with Crippen LogP contribution in [0.2, 0.25) is 0 Å². The van der Waals surface area contributed by atoms with Gasteiger partial charge in [0.05, 0.1) is 6.10 Å². The molecule has 2 N–H and O–H groups in total. The van der Waals surface area contributed by atoms with Crippen LogP contribution in [0.1, 0.15) is 52.9 Å². The summed E-state index contributed by atoms with van der Waals surface area (Å²) in [6.07, 6.45) is 5.03. The van der Waals surface area contributed by atoms with E-state index in [0.717, 1.165) is 32.1 Å². The normalized spacial score (nSPS) is 17.8. The molecule has 0 saturated carbocycles. The molecule has 14 heavy (non-hydrogen) atoms. The standard InChI is InChI=1S/C12H26O2/c1-4-6-11(3)12(14)8-5-7-10(2)9-13/h10-14H,4-9H2,1-3H3. The molecule has 0 heterocycles. The molecule has 0 fully saturated rings. The maximum atomic E-state index is 9.77. The molecule has 0 aromatic carbocycles. The van der Waals surface area contributed by atoms with Crippen molar-refractivity contribution in [1.29, 1.82) is 0 Å². The Morgan fingerprint density at radius 2 is 1.71 bits per heavy atom. The zero-order chi connectivity index (χ0) is 11.0. The first-order chi connectivity index (χ1) is 6.61. The minimum atomic E-state index is -0.152. The fourth-order valence-electron chi connectivity index (χ4n) is 1.70. The summed E-state index contributed by atoms with van der Waals surface area (Å²) in [6.45, 7) is 6.57. The van der Waals surface area contributed by atoms with E-state index in [0.29, 0.717) is 11.8 Å². The molecule has 2 nitrogen and oxygen atoms in total. The van der Waals surface area contributed by atoms with Crippen LogP contribution in [-0.4, -0.2) is 22.9 Å². The van der Waals surface area contributed by atoms with Gasteiger partial charge >= 0.3 is 0 Å². The topological polar surface area (TPSA) is 40.5 Å². The highest BCUT2D eigenvalue weighted by Crippen LogP contribution is 2.17. The number of aliphatic hydroxyl groups is 2. The zero-order valence-corrected chi connectivity index (χ0v) is 9.87. The van der Waals surface area contributed by atoms with Crippen molar-refractivity contribution >= 4 is 0 Å². The van der Waals surface area contributed by atoms with Crippen molar-refractivity contribution in [3.8, 4) is 0 Å². The van der Waals surface area contributed by atoms with Gasteiger partial charge in [-0.3, -0.25) is 0 Å². The maximum Gasteiger partial charge on any atom is 0.0565 e. The van der Waals surface area contributed by atoms with Gasteiger partial charge in [0.15, 0.2) is 0 Å². The molecule has 0 saturated heterocycles. The van der Waals surface area contributed by atoms with Gasteiger partial charge in [0.2, 0.25) is 0 Å². The Hall–Kier alpha value is -0.0800. The van der Waals surface area contributed by atoms with Crippen LogP contribution in [0, 0.1) is 11.8 Å². The van der Waals surface area contributed by atoms with Gasteiger partial charge in [-0.2, -0.15) is 0 Å². The monoisotopic (exact) mass is 202 g/mol. The van der Waals surface area contributed by atoms with Gasteiger partial charge in [0.1, 0.15) is 0 Å². The highest BCUT2D eigenvalue weighted by Gasteiger charge is 2.13. The number of hydrogen-bond acceptors (Lipinski definition) is 2. The third-order valence-electron chi connectivity index (χ3n) is 2.91. The fourth-order valence-corrected chi connectivity index (χ4v) is 1.70. The van der Waals surface area contributed by atoms with Gasteiger partial charge in [-0.25, -0.2) is 0 Å². The minimum Gasteiger partial charge on any atom is -0.396 e. The second kappa shape index (κ2) is 8.25. The van der Waals surface area contributed by atoms with Crippen LogP contribution in [0.15, 0.2) is 0 Å². The van der Waals surface area contributed by atoms with E-state index >= 15 is 0 Å². The summed E-state index contributed by atoms with van der Waals surface area (Å²) in [5, 5.41) is 18.6. The van der Waals surface area contributed by atoms with Crippen LogP contribution < -0.4 is 0 Å². The van der Waals surface area contributed by atoms with Crippen LogP contribution >= 0.6 is 0 Å². The second-order valence-electron chi connectivity index (χ2n) is 4.55. The molecule has 3 atom stereocenters. The van der Waals surface area contributed by atoms with Crippen LogP contribution in [0.25, 0.3) is 0 Å². The van der Waals surface area contributed by atoms with Crippen LogP contribution in [-0.2, 0) is 0 Å². The summed E-state index contributed by atoms with van der Waals surface area (Å²) < 4.78 is 0. The molecule has 0 bridgehead atoms. The smallest absolute Gasteiger partial charge is 0.0565 e. The maximum absolute atomic E-state index is 9.77. The summed E-state index contributed by atoms with van der Waals surface area (Å²) in [5.41, 5.74) is 0. The van der Waals surface area contributed by atoms with Gasteiger partial charge in [-0.05, 0) is 31.1 Å². The van der Waals surface area contributed by atoms with E-state index in [4.69, 9.17) is 5.11 Å². The zero-order valence-electron chi connectivity index (χ0n) is 9.87. The number of rotatable bonds is 8. The molecule has 0 aliphatic heterocycles. The average Bonchev–Trinajstić information content (AvgIpc) is 2.17. The number of aliphatic hydroxyl groups excluding tert-OH is 2. The quantitative estimate of drug-likeness (QED) is 0.635. The minimum absolute atomic E-state index is 0.152. The van der Waals surface area contributed by atoms with Gasteiger partial charge in [0, 0.05) is 6.61 Å². The molecule has 0 aliphatic carbocycles. The molecule has 0 aliphatic rings. The van der Waals surface area contributed by atoms with Crippen LogP contribution in [0.3, 0.4) is 0 Å². The van der Waals surface area contributed by atoms with Crippen molar-refractivity contribution in [3.05, 3.63) is 0 Å². The van der Waals surface area contributed by atoms with E-state index in [-0.39, 0.29) is 12.7 Å². The summed E-state index contributed by atoms with van der Waals surface area (Å²) in [7, 11) is 0. The third kappa shape index (κ3) is 6.39. The van der Waals surface area contributed by atoms with Crippen molar-refractivity contribution in [1.82, 2.24) is 0 Å². The van der Waals surface area contributed by atoms with E-state index in [2.05, 4.69) is 13.8 Å². The van der Waals surface area contributed by atoms with Gasteiger partial charge < -0.3 is 10.2 Å². The highest BCUT2D eigenvalue weighted by molar-refractivity contribution is 4.65. The molecular formula is C12H26O2. The van der Waals surface area contributed by atoms with Crippen LogP contribution in [0.5, 0.6) is 0 Å². The molecule has 0 spiro atoms. The lowest BCUT2D eigenvalue weighted by Gasteiger charge is -2.18. The van der Waals surface area contributed by atoms with E-state index in [1.54, 1.807) is 0 Å². The van der Waals surface area contributed by atoms with Crippen molar-refractivity contribution in [2.24, 2.45) is 11.8 Å². The Bertz CT molecular complexity index is 125. The molecule has 0 aromatic heterocycles. The van der Waals surface area contributed by atoms with Crippen LogP contribution in [0.4, 0.5) is 0 Å². The molecule has 0 rings (SSSR count). The highest BCUT2D eigenvalue weighted by atomic mass is 16.3. The third-order valence-corrected chi connectivity index (χ3v) is 2.91. The molecule has 2 heteroatoms. The Morgan fingerprint density at radius 3 is 2.21 bits per heavy atom. The van der Waals surface area contributed by atoms with E-state index in [9.17, 15) is 5.11 Å². The number of hydrogen-bond donors (Lipinski definition) is 2. The first-order valence-corrected chi connectivity index (χ1v) is 5.90. The summed E-state index contributed by atoms with van der Waals surface area (Å²) in [5.74, 6) is 0.799. The van der Waals surface area contributed by atoms with E-state index < -0.39 is 0 Å². The molecule has 0 amide bonds. The lowest BCUT2D eigenvalue weighted by molar-refractivity contribution is 0.0970. The Labute approximate surface area is 88.3 Å². The Balaban J connectivity index is 3.47. The predicted octanol–water partition coefficient (Wildman–Crippen LogP) is 2.58. The summed E-state index contributed by atoms with van der Waals surface area (Å²) in [6, 6.07) is 0. The van der Waals surface area contributed by atoms with Gasteiger partial charge in [-0.15, -0.1) is 0 Å². The second-order valence-corrected chi connectivity index (χ2v) is 4.55. The first-order valence-electron chi connectivity index (χ1n) is 5.90. The molecule has 0 aromatic rings. The predicted molar refractivity (Wildman–Crippen MR) is 60.2 cm³/mol. The average molecular weight is 202 g/mol. The lowest BCUT2D eigenvalue weighted by atomic mass is 9.94. The molecule has 86 valence electrons. The van der Waals surface area contributed by atoms with Gasteiger partial charge in [-0.1, -0.05) is 33.6 Å². The molecule has 0 radical (unpaired) electrons.